The van der Waals surface area contributed by atoms with E-state index in [0.29, 0.717) is 17.1 Å². The highest BCUT2D eigenvalue weighted by atomic mass is 127. The maximum Gasteiger partial charge on any atom is 0.250 e. The number of nitrogens with one attached hydrogen (secondary N) is 1. The zero-order valence-corrected chi connectivity index (χ0v) is 13.4. The Morgan fingerprint density at radius 3 is 2.84 bits per heavy atom. The summed E-state index contributed by atoms with van der Waals surface area (Å²) in [6.45, 7) is 2.01. The molecule has 2 amide bonds. The van der Waals surface area contributed by atoms with E-state index in [-0.39, 0.29) is 18.4 Å². The molecule has 1 aliphatic rings. The molecule has 0 saturated carbocycles. The lowest BCUT2D eigenvalue weighted by Gasteiger charge is -2.33. The summed E-state index contributed by atoms with van der Waals surface area (Å²) in [5.41, 5.74) is 0.600. The van der Waals surface area contributed by atoms with Crippen LogP contribution in [0.4, 0.5) is 5.69 Å². The molecule has 0 aromatic heterocycles. The Kier molecular flexibility index (Phi) is 4.67. The third kappa shape index (κ3) is 3.20. The molecular weight excluding hydrogens is 379 g/mol. The summed E-state index contributed by atoms with van der Waals surface area (Å²) in [6, 6.07) is 4.99. The van der Waals surface area contributed by atoms with E-state index >= 15 is 0 Å². The maximum absolute atomic E-state index is 12.3. The van der Waals surface area contributed by atoms with Crippen molar-refractivity contribution in [1.82, 2.24) is 5.32 Å². The number of piperazine rings is 1. The quantitative estimate of drug-likeness (QED) is 0.804. The van der Waals surface area contributed by atoms with Gasteiger partial charge in [-0.05, 0) is 47.2 Å². The molecular formula is C13H14ClIN2O2. The second-order valence-electron chi connectivity index (χ2n) is 4.43. The molecule has 1 saturated heterocycles. The first-order valence-corrected chi connectivity index (χ1v) is 7.54. The van der Waals surface area contributed by atoms with E-state index in [0.717, 1.165) is 9.99 Å². The number of rotatable bonds is 3. The van der Waals surface area contributed by atoms with Crippen LogP contribution in [0.2, 0.25) is 5.02 Å². The number of benzene rings is 1. The number of anilines is 1. The standard InChI is InChI=1S/C13H14ClIN2O2/c1-2-3-10-13(19)17(7-12(18)16-10)11-5-4-8(15)6-9(11)14/h4-6,10H,2-3,7H2,1H3,(H,16,18). The molecule has 1 atom stereocenters. The van der Waals surface area contributed by atoms with Crippen LogP contribution < -0.4 is 10.2 Å². The minimum absolute atomic E-state index is 0.0271. The van der Waals surface area contributed by atoms with Crippen LogP contribution in [0.15, 0.2) is 18.2 Å². The average molecular weight is 393 g/mol. The molecule has 1 fully saturated rings. The predicted octanol–water partition coefficient (Wildman–Crippen LogP) is 2.58. The number of amides is 2. The van der Waals surface area contributed by atoms with Gasteiger partial charge < -0.3 is 5.32 Å². The third-order valence-corrected chi connectivity index (χ3v) is 3.95. The molecule has 1 unspecified atom stereocenters. The molecule has 1 aromatic rings. The van der Waals surface area contributed by atoms with Gasteiger partial charge in [0.25, 0.3) is 0 Å². The van der Waals surface area contributed by atoms with Gasteiger partial charge in [-0.15, -0.1) is 0 Å². The molecule has 1 aliphatic heterocycles. The normalized spacial score (nSPS) is 19.5. The van der Waals surface area contributed by atoms with E-state index in [9.17, 15) is 9.59 Å². The maximum atomic E-state index is 12.3. The summed E-state index contributed by atoms with van der Waals surface area (Å²) >= 11 is 8.32. The molecule has 1 heterocycles. The highest BCUT2D eigenvalue weighted by Gasteiger charge is 2.33. The number of nitrogens with zero attached hydrogens (tertiary/aromatic N) is 1. The van der Waals surface area contributed by atoms with Crippen molar-refractivity contribution in [3.8, 4) is 0 Å². The van der Waals surface area contributed by atoms with Crippen LogP contribution >= 0.6 is 34.2 Å². The Morgan fingerprint density at radius 2 is 2.21 bits per heavy atom. The van der Waals surface area contributed by atoms with Crippen LogP contribution in [0.25, 0.3) is 0 Å². The van der Waals surface area contributed by atoms with Gasteiger partial charge in [0.2, 0.25) is 11.8 Å². The monoisotopic (exact) mass is 392 g/mol. The number of hydrogen-bond donors (Lipinski definition) is 1. The van der Waals surface area contributed by atoms with Crippen molar-refractivity contribution in [3.63, 3.8) is 0 Å². The first-order chi connectivity index (χ1) is 9.02. The first-order valence-electron chi connectivity index (χ1n) is 6.08. The lowest BCUT2D eigenvalue weighted by atomic mass is 10.1. The lowest BCUT2D eigenvalue weighted by molar-refractivity contribution is -0.131. The van der Waals surface area contributed by atoms with Gasteiger partial charge in [-0.3, -0.25) is 14.5 Å². The summed E-state index contributed by atoms with van der Waals surface area (Å²) in [5, 5.41) is 3.21. The van der Waals surface area contributed by atoms with Crippen molar-refractivity contribution in [1.29, 1.82) is 0 Å². The Balaban J connectivity index is 2.31. The minimum atomic E-state index is -0.443. The number of hydrogen-bond acceptors (Lipinski definition) is 2. The van der Waals surface area contributed by atoms with E-state index in [1.165, 1.54) is 4.90 Å². The van der Waals surface area contributed by atoms with Gasteiger partial charge in [0, 0.05) is 3.57 Å². The predicted molar refractivity (Wildman–Crippen MR) is 83.4 cm³/mol. The van der Waals surface area contributed by atoms with Crippen molar-refractivity contribution < 1.29 is 9.59 Å². The smallest absolute Gasteiger partial charge is 0.250 e. The van der Waals surface area contributed by atoms with Gasteiger partial charge in [-0.2, -0.15) is 0 Å². The Labute approximate surface area is 130 Å². The summed E-state index contributed by atoms with van der Waals surface area (Å²) in [6.07, 6.45) is 1.48. The molecule has 6 heteroatoms. The van der Waals surface area contributed by atoms with Crippen LogP contribution in [0.1, 0.15) is 19.8 Å². The van der Waals surface area contributed by atoms with Crippen LogP contribution in [-0.4, -0.2) is 24.4 Å². The summed E-state index contributed by atoms with van der Waals surface area (Å²) in [5.74, 6) is -0.239. The molecule has 2 rings (SSSR count). The highest BCUT2D eigenvalue weighted by molar-refractivity contribution is 14.1. The fourth-order valence-electron chi connectivity index (χ4n) is 2.10. The van der Waals surface area contributed by atoms with E-state index in [2.05, 4.69) is 27.9 Å². The van der Waals surface area contributed by atoms with Gasteiger partial charge in [0.15, 0.2) is 0 Å². The van der Waals surface area contributed by atoms with E-state index in [1.54, 1.807) is 12.1 Å². The van der Waals surface area contributed by atoms with Gasteiger partial charge in [-0.25, -0.2) is 0 Å². The highest BCUT2D eigenvalue weighted by Crippen LogP contribution is 2.29. The fraction of sp³-hybridized carbons (Fsp3) is 0.385. The molecule has 0 radical (unpaired) electrons. The topological polar surface area (TPSA) is 49.4 Å². The number of carbonyl (C=O) groups excluding carboxylic acids is 2. The second-order valence-corrected chi connectivity index (χ2v) is 6.08. The molecule has 1 aromatic carbocycles. The van der Waals surface area contributed by atoms with Crippen molar-refractivity contribution in [3.05, 3.63) is 26.8 Å². The van der Waals surface area contributed by atoms with Crippen molar-refractivity contribution in [2.24, 2.45) is 0 Å². The largest absolute Gasteiger partial charge is 0.343 e. The Hall–Kier alpha value is -0.820. The Bertz CT molecular complexity index is 521. The van der Waals surface area contributed by atoms with Crippen LogP contribution in [-0.2, 0) is 9.59 Å². The molecule has 0 bridgehead atoms. The molecule has 0 spiro atoms. The van der Waals surface area contributed by atoms with Gasteiger partial charge in [0.05, 0.1) is 10.7 Å². The van der Waals surface area contributed by atoms with E-state index < -0.39 is 6.04 Å². The zero-order chi connectivity index (χ0) is 14.0. The van der Waals surface area contributed by atoms with E-state index in [1.807, 2.05) is 13.0 Å². The van der Waals surface area contributed by atoms with Crippen molar-refractivity contribution in [2.75, 3.05) is 11.4 Å². The SMILES string of the molecule is CCCC1NC(=O)CN(c2ccc(I)cc2Cl)C1=O. The summed E-state index contributed by atoms with van der Waals surface area (Å²) in [4.78, 5) is 25.5. The van der Waals surface area contributed by atoms with Crippen LogP contribution in [0, 0.1) is 3.57 Å². The lowest BCUT2D eigenvalue weighted by Crippen LogP contribution is -2.58. The molecule has 102 valence electrons. The third-order valence-electron chi connectivity index (χ3n) is 2.98. The number of carbonyl (C=O) groups is 2. The van der Waals surface area contributed by atoms with Crippen molar-refractivity contribution >= 4 is 51.7 Å². The zero-order valence-electron chi connectivity index (χ0n) is 10.5. The average Bonchev–Trinajstić information content (AvgIpc) is 2.34. The van der Waals surface area contributed by atoms with Crippen LogP contribution in [0.3, 0.4) is 0 Å². The molecule has 19 heavy (non-hydrogen) atoms. The molecule has 1 N–H and O–H groups in total. The minimum Gasteiger partial charge on any atom is -0.343 e. The number of halogens is 2. The Morgan fingerprint density at radius 1 is 1.47 bits per heavy atom. The molecule has 0 aliphatic carbocycles. The summed E-state index contributed by atoms with van der Waals surface area (Å²) < 4.78 is 0.991. The molecule has 4 nitrogen and oxygen atoms in total. The van der Waals surface area contributed by atoms with Gasteiger partial charge in [-0.1, -0.05) is 24.9 Å². The fourth-order valence-corrected chi connectivity index (χ4v) is 3.06. The van der Waals surface area contributed by atoms with Gasteiger partial charge in [0.1, 0.15) is 12.6 Å². The van der Waals surface area contributed by atoms with Crippen LogP contribution in [0.5, 0.6) is 0 Å². The summed E-state index contributed by atoms with van der Waals surface area (Å²) in [7, 11) is 0. The van der Waals surface area contributed by atoms with Gasteiger partial charge >= 0.3 is 0 Å². The van der Waals surface area contributed by atoms with Crippen molar-refractivity contribution in [2.45, 2.75) is 25.8 Å². The van der Waals surface area contributed by atoms with E-state index in [4.69, 9.17) is 11.6 Å². The second kappa shape index (κ2) is 6.09. The first kappa shape index (κ1) is 14.6.